The topological polar surface area (TPSA) is 35.5 Å². The number of fused-ring (bicyclic) bond motifs is 1. The summed E-state index contributed by atoms with van der Waals surface area (Å²) in [6, 6.07) is 4.99. The molecule has 1 unspecified atom stereocenters. The van der Waals surface area contributed by atoms with Gasteiger partial charge in [-0.1, -0.05) is 17.7 Å². The van der Waals surface area contributed by atoms with Crippen LogP contribution in [0.3, 0.4) is 0 Å². The molecule has 0 bridgehead atoms. The summed E-state index contributed by atoms with van der Waals surface area (Å²) in [5.74, 6) is 0.395. The lowest BCUT2D eigenvalue weighted by molar-refractivity contribution is -0.0864. The molecule has 3 nitrogen and oxygen atoms in total. The van der Waals surface area contributed by atoms with E-state index in [1.165, 1.54) is 0 Å². The summed E-state index contributed by atoms with van der Waals surface area (Å²) >= 11 is 5.79. The molecule has 62 valence electrons. The number of hydrogen-bond acceptors (Lipinski definition) is 3. The number of benzene rings is 1. The first-order valence-corrected chi connectivity index (χ1v) is 4.50. The predicted octanol–water partition coefficient (Wildman–Crippen LogP) is 2.40. The van der Waals surface area contributed by atoms with Crippen LogP contribution in [0.5, 0.6) is 5.75 Å². The van der Waals surface area contributed by atoms with E-state index in [0.717, 1.165) is 0 Å². The Morgan fingerprint density at radius 3 is 3.00 bits per heavy atom. The molecule has 1 aliphatic heterocycles. The fraction of sp³-hybridized carbons (Fsp3) is 0. The van der Waals surface area contributed by atoms with Gasteiger partial charge in [0, 0.05) is 0 Å². The van der Waals surface area contributed by atoms with Crippen molar-refractivity contribution in [2.45, 2.75) is 0 Å². The first-order valence-electron chi connectivity index (χ1n) is 3.21. The van der Waals surface area contributed by atoms with Crippen LogP contribution in [-0.4, -0.2) is 5.52 Å². The minimum atomic E-state index is -0.307. The molecule has 1 atom stereocenters. The van der Waals surface area contributed by atoms with Crippen molar-refractivity contribution in [3.8, 4) is 5.75 Å². The SMILES string of the molecule is O=C1POOc2cccc(Cl)c21. The molecular weight excluding hydrogens is 199 g/mol. The van der Waals surface area contributed by atoms with Gasteiger partial charge in [-0.05, 0) is 12.1 Å². The number of carbonyl (C=O) groups is 1. The third-order valence-electron chi connectivity index (χ3n) is 1.47. The molecule has 2 rings (SSSR count). The van der Waals surface area contributed by atoms with Gasteiger partial charge >= 0.3 is 0 Å². The molecule has 1 heterocycles. The maximum Gasteiger partial charge on any atom is 0.218 e. The van der Waals surface area contributed by atoms with Crippen LogP contribution in [0.1, 0.15) is 10.4 Å². The molecule has 12 heavy (non-hydrogen) atoms. The second-order valence-corrected chi connectivity index (χ2v) is 3.44. The Kier molecular flexibility index (Phi) is 2.01. The first-order chi connectivity index (χ1) is 5.79. The van der Waals surface area contributed by atoms with E-state index in [0.29, 0.717) is 16.3 Å². The van der Waals surface area contributed by atoms with Gasteiger partial charge in [0.15, 0.2) is 5.75 Å². The van der Waals surface area contributed by atoms with Crippen molar-refractivity contribution in [1.29, 1.82) is 0 Å². The molecule has 0 fully saturated rings. The van der Waals surface area contributed by atoms with Crippen LogP contribution in [0, 0.1) is 0 Å². The molecule has 5 heteroatoms. The lowest BCUT2D eigenvalue weighted by Gasteiger charge is -2.14. The van der Waals surface area contributed by atoms with Crippen molar-refractivity contribution in [2.75, 3.05) is 0 Å². The van der Waals surface area contributed by atoms with Gasteiger partial charge in [0.25, 0.3) is 0 Å². The minimum absolute atomic E-state index is 0.123. The van der Waals surface area contributed by atoms with E-state index < -0.39 is 0 Å². The average Bonchev–Trinajstić information content (AvgIpc) is 2.04. The summed E-state index contributed by atoms with van der Waals surface area (Å²) in [5, 5.41) is 0.410. The van der Waals surface area contributed by atoms with Crippen LogP contribution in [-0.2, 0) is 4.67 Å². The Labute approximate surface area is 75.4 Å². The maximum atomic E-state index is 11.2. The summed E-state index contributed by atoms with van der Waals surface area (Å²) in [5.41, 5.74) is 0.297. The molecule has 0 amide bonds. The van der Waals surface area contributed by atoms with Crippen LogP contribution in [0.15, 0.2) is 18.2 Å². The highest BCUT2D eigenvalue weighted by molar-refractivity contribution is 7.54. The van der Waals surface area contributed by atoms with Crippen LogP contribution >= 0.6 is 20.4 Å². The molecule has 0 radical (unpaired) electrons. The number of carbonyl (C=O) groups excluding carboxylic acids is 1. The van der Waals surface area contributed by atoms with Crippen molar-refractivity contribution in [3.05, 3.63) is 28.8 Å². The molecule has 0 spiro atoms. The summed E-state index contributed by atoms with van der Waals surface area (Å²) in [6.45, 7) is 0. The van der Waals surface area contributed by atoms with Crippen molar-refractivity contribution < 1.29 is 14.4 Å². The van der Waals surface area contributed by atoms with Gasteiger partial charge in [-0.15, -0.1) is 0 Å². The smallest absolute Gasteiger partial charge is 0.218 e. The summed E-state index contributed by atoms with van der Waals surface area (Å²) in [6.07, 6.45) is 0. The Hall–Kier alpha value is -0.630. The van der Waals surface area contributed by atoms with Crippen LogP contribution < -0.4 is 4.89 Å². The van der Waals surface area contributed by atoms with Gasteiger partial charge in [-0.25, -0.2) is 0 Å². The monoisotopic (exact) mass is 202 g/mol. The van der Waals surface area contributed by atoms with Crippen molar-refractivity contribution in [1.82, 2.24) is 0 Å². The fourth-order valence-electron chi connectivity index (χ4n) is 0.949. The Bertz CT molecular complexity index is 339. The lowest BCUT2D eigenvalue weighted by atomic mass is 10.2. The summed E-state index contributed by atoms with van der Waals surface area (Å²) in [7, 11) is -0.307. The molecular formula is C7H4ClO3P. The molecule has 0 aliphatic carbocycles. The normalized spacial score (nSPS) is 17.2. The van der Waals surface area contributed by atoms with Crippen LogP contribution in [0.4, 0.5) is 0 Å². The zero-order valence-corrected chi connectivity index (χ0v) is 7.59. The lowest BCUT2D eigenvalue weighted by Crippen LogP contribution is -2.06. The zero-order chi connectivity index (χ0) is 8.55. The van der Waals surface area contributed by atoms with Gasteiger partial charge in [-0.3, -0.25) is 4.79 Å². The maximum absolute atomic E-state index is 11.2. The van der Waals surface area contributed by atoms with Crippen LogP contribution in [0.25, 0.3) is 0 Å². The van der Waals surface area contributed by atoms with Gasteiger partial charge in [0.05, 0.1) is 10.6 Å². The van der Waals surface area contributed by atoms with Gasteiger partial charge in [-0.2, -0.15) is 4.67 Å². The molecule has 0 saturated carbocycles. The Morgan fingerprint density at radius 1 is 1.42 bits per heavy atom. The molecule has 0 aromatic heterocycles. The molecule has 0 saturated heterocycles. The van der Waals surface area contributed by atoms with Crippen molar-refractivity contribution >= 4 is 25.9 Å². The molecule has 0 N–H and O–H groups in total. The van der Waals surface area contributed by atoms with E-state index in [1.54, 1.807) is 18.2 Å². The quantitative estimate of drug-likeness (QED) is 0.479. The highest BCUT2D eigenvalue weighted by Crippen LogP contribution is 2.37. The molecule has 1 aromatic rings. The molecule has 1 aliphatic rings. The van der Waals surface area contributed by atoms with Gasteiger partial charge in [0.2, 0.25) is 5.52 Å². The zero-order valence-electron chi connectivity index (χ0n) is 5.83. The van der Waals surface area contributed by atoms with E-state index in [4.69, 9.17) is 16.5 Å². The molecule has 1 aromatic carbocycles. The van der Waals surface area contributed by atoms with E-state index in [9.17, 15) is 4.79 Å². The average molecular weight is 203 g/mol. The second kappa shape index (κ2) is 3.02. The predicted molar refractivity (Wildman–Crippen MR) is 45.8 cm³/mol. The fourth-order valence-corrected chi connectivity index (χ4v) is 1.85. The summed E-state index contributed by atoms with van der Waals surface area (Å²) < 4.78 is 4.58. The van der Waals surface area contributed by atoms with E-state index in [1.807, 2.05) is 0 Å². The van der Waals surface area contributed by atoms with Gasteiger partial charge in [0.1, 0.15) is 8.81 Å². The summed E-state index contributed by atoms with van der Waals surface area (Å²) in [4.78, 5) is 16.0. The minimum Gasteiger partial charge on any atom is -0.333 e. The highest BCUT2D eigenvalue weighted by atomic mass is 35.5. The number of hydrogen-bond donors (Lipinski definition) is 0. The van der Waals surface area contributed by atoms with Gasteiger partial charge < -0.3 is 4.89 Å². The first kappa shape index (κ1) is 7.99. The van der Waals surface area contributed by atoms with E-state index >= 15 is 0 Å². The van der Waals surface area contributed by atoms with Crippen molar-refractivity contribution in [3.63, 3.8) is 0 Å². The van der Waals surface area contributed by atoms with Crippen LogP contribution in [0.2, 0.25) is 5.02 Å². The second-order valence-electron chi connectivity index (χ2n) is 2.21. The third kappa shape index (κ3) is 1.20. The number of rotatable bonds is 0. The Morgan fingerprint density at radius 2 is 2.25 bits per heavy atom. The van der Waals surface area contributed by atoms with E-state index in [-0.39, 0.29) is 14.3 Å². The van der Waals surface area contributed by atoms with Crippen molar-refractivity contribution in [2.24, 2.45) is 0 Å². The highest BCUT2D eigenvalue weighted by Gasteiger charge is 2.22. The Balaban J connectivity index is 2.60. The third-order valence-corrected chi connectivity index (χ3v) is 2.39. The largest absolute Gasteiger partial charge is 0.333 e. The van der Waals surface area contributed by atoms with E-state index in [2.05, 4.69) is 4.67 Å². The number of halogens is 1. The standard InChI is InChI=1S/C7H4ClO3P/c8-4-2-1-3-5-6(4)7(9)12-11-10-5/h1-3,12H.